The van der Waals surface area contributed by atoms with Gasteiger partial charge in [-0.2, -0.15) is 0 Å². The van der Waals surface area contributed by atoms with Gasteiger partial charge in [0.2, 0.25) is 11.8 Å². The predicted molar refractivity (Wildman–Crippen MR) is 106 cm³/mol. The van der Waals surface area contributed by atoms with Gasteiger partial charge < -0.3 is 24.5 Å². The van der Waals surface area contributed by atoms with Crippen LogP contribution in [-0.4, -0.2) is 30.5 Å². The van der Waals surface area contributed by atoms with E-state index in [0.717, 1.165) is 11.3 Å². The minimum atomic E-state index is -0.267. The SMILES string of the molecule is COc1ccc(-c2nc(CC(=O)Nc3cccc4c3OCC(=O)N4)c(C)o2)cc1. The number of hydrogen-bond donors (Lipinski definition) is 2. The minimum Gasteiger partial charge on any atom is -0.497 e. The van der Waals surface area contributed by atoms with Crippen LogP contribution in [0, 0.1) is 6.92 Å². The summed E-state index contributed by atoms with van der Waals surface area (Å²) in [5.41, 5.74) is 2.36. The highest BCUT2D eigenvalue weighted by molar-refractivity contribution is 6.00. The number of amides is 2. The van der Waals surface area contributed by atoms with Crippen molar-refractivity contribution in [3.05, 3.63) is 53.9 Å². The van der Waals surface area contributed by atoms with Gasteiger partial charge in [-0.15, -0.1) is 0 Å². The molecular formula is C21H19N3O5. The van der Waals surface area contributed by atoms with Gasteiger partial charge in [0.05, 0.1) is 30.6 Å². The number of aryl methyl sites for hydroxylation is 1. The van der Waals surface area contributed by atoms with Crippen molar-refractivity contribution in [3.8, 4) is 23.0 Å². The largest absolute Gasteiger partial charge is 0.497 e. The Bertz CT molecular complexity index is 1070. The van der Waals surface area contributed by atoms with E-state index in [4.69, 9.17) is 13.9 Å². The van der Waals surface area contributed by atoms with Crippen molar-refractivity contribution in [3.63, 3.8) is 0 Å². The summed E-state index contributed by atoms with van der Waals surface area (Å²) in [4.78, 5) is 28.5. The molecule has 0 unspecified atom stereocenters. The molecule has 0 fully saturated rings. The molecule has 2 N–H and O–H groups in total. The Morgan fingerprint density at radius 3 is 2.79 bits per heavy atom. The third kappa shape index (κ3) is 3.91. The number of nitrogens with zero attached hydrogens (tertiary/aromatic N) is 1. The number of benzene rings is 2. The fourth-order valence-electron chi connectivity index (χ4n) is 3.01. The van der Waals surface area contributed by atoms with Gasteiger partial charge in [-0.25, -0.2) is 4.98 Å². The number of ether oxygens (including phenoxy) is 2. The molecule has 0 spiro atoms. The fraction of sp³-hybridized carbons (Fsp3) is 0.190. The zero-order chi connectivity index (χ0) is 20.4. The van der Waals surface area contributed by atoms with Crippen LogP contribution >= 0.6 is 0 Å². The summed E-state index contributed by atoms with van der Waals surface area (Å²) in [5, 5.41) is 5.52. The van der Waals surface area contributed by atoms with E-state index < -0.39 is 0 Å². The van der Waals surface area contributed by atoms with Crippen molar-refractivity contribution >= 4 is 23.2 Å². The lowest BCUT2D eigenvalue weighted by Crippen LogP contribution is -2.26. The highest BCUT2D eigenvalue weighted by Crippen LogP contribution is 2.35. The molecule has 0 saturated heterocycles. The van der Waals surface area contributed by atoms with E-state index in [1.54, 1.807) is 32.2 Å². The smallest absolute Gasteiger partial charge is 0.262 e. The Morgan fingerprint density at radius 2 is 2.03 bits per heavy atom. The number of para-hydroxylation sites is 1. The number of rotatable bonds is 5. The van der Waals surface area contributed by atoms with Crippen molar-refractivity contribution < 1.29 is 23.5 Å². The molecule has 1 aliphatic heterocycles. The van der Waals surface area contributed by atoms with Gasteiger partial charge in [-0.3, -0.25) is 9.59 Å². The van der Waals surface area contributed by atoms with E-state index in [2.05, 4.69) is 15.6 Å². The average Bonchev–Trinajstić information content (AvgIpc) is 3.08. The second kappa shape index (κ2) is 7.67. The van der Waals surface area contributed by atoms with Crippen LogP contribution in [0.15, 0.2) is 46.9 Å². The highest BCUT2D eigenvalue weighted by Gasteiger charge is 2.21. The van der Waals surface area contributed by atoms with Crippen LogP contribution in [0.1, 0.15) is 11.5 Å². The lowest BCUT2D eigenvalue weighted by molar-refractivity contribution is -0.118. The van der Waals surface area contributed by atoms with Crippen molar-refractivity contribution in [2.24, 2.45) is 0 Å². The number of carbonyl (C=O) groups is 2. The number of hydrogen-bond acceptors (Lipinski definition) is 6. The minimum absolute atomic E-state index is 0.0432. The van der Waals surface area contributed by atoms with Crippen molar-refractivity contribution in [1.82, 2.24) is 4.98 Å². The molecule has 3 aromatic rings. The Morgan fingerprint density at radius 1 is 1.24 bits per heavy atom. The summed E-state index contributed by atoms with van der Waals surface area (Å²) in [7, 11) is 1.60. The van der Waals surface area contributed by atoms with Crippen molar-refractivity contribution in [2.45, 2.75) is 13.3 Å². The molecule has 148 valence electrons. The van der Waals surface area contributed by atoms with Gasteiger partial charge >= 0.3 is 0 Å². The molecule has 0 saturated carbocycles. The number of oxazole rings is 1. The Kier molecular flexibility index (Phi) is 4.90. The Labute approximate surface area is 166 Å². The average molecular weight is 393 g/mol. The van der Waals surface area contributed by atoms with Gasteiger partial charge in [0.25, 0.3) is 5.91 Å². The van der Waals surface area contributed by atoms with Crippen LogP contribution in [0.3, 0.4) is 0 Å². The van der Waals surface area contributed by atoms with Gasteiger partial charge in [-0.05, 0) is 43.3 Å². The zero-order valence-electron chi connectivity index (χ0n) is 15.9. The molecule has 0 bridgehead atoms. The maximum absolute atomic E-state index is 12.6. The maximum atomic E-state index is 12.6. The van der Waals surface area contributed by atoms with Crippen LogP contribution in [0.5, 0.6) is 11.5 Å². The number of carbonyl (C=O) groups excluding carboxylic acids is 2. The molecule has 29 heavy (non-hydrogen) atoms. The molecule has 2 heterocycles. The molecule has 0 atom stereocenters. The Balaban J connectivity index is 1.49. The number of nitrogens with one attached hydrogen (secondary N) is 2. The number of aromatic nitrogens is 1. The van der Waals surface area contributed by atoms with Gasteiger partial charge in [0.1, 0.15) is 11.5 Å². The summed E-state index contributed by atoms with van der Waals surface area (Å²) in [6.45, 7) is 1.68. The molecule has 2 aromatic carbocycles. The van der Waals surface area contributed by atoms with Crippen molar-refractivity contribution in [1.29, 1.82) is 0 Å². The highest BCUT2D eigenvalue weighted by atomic mass is 16.5. The first-order valence-electron chi connectivity index (χ1n) is 8.99. The topological polar surface area (TPSA) is 103 Å². The lowest BCUT2D eigenvalue weighted by Gasteiger charge is -2.20. The molecule has 1 aromatic heterocycles. The van der Waals surface area contributed by atoms with Crippen LogP contribution in [0.4, 0.5) is 11.4 Å². The number of fused-ring (bicyclic) bond motifs is 1. The van der Waals surface area contributed by atoms with Gasteiger partial charge in [0.15, 0.2) is 12.4 Å². The second-order valence-electron chi connectivity index (χ2n) is 6.49. The third-order valence-electron chi connectivity index (χ3n) is 4.47. The lowest BCUT2D eigenvalue weighted by atomic mass is 10.2. The molecular weight excluding hydrogens is 374 g/mol. The molecule has 8 heteroatoms. The summed E-state index contributed by atoms with van der Waals surface area (Å²) >= 11 is 0. The summed E-state index contributed by atoms with van der Waals surface area (Å²) in [6, 6.07) is 12.5. The van der Waals surface area contributed by atoms with Gasteiger partial charge in [-0.1, -0.05) is 6.07 Å². The standard InChI is InChI=1S/C21H19N3O5/c1-12-17(24-21(29-12)13-6-8-14(27-2)9-7-13)10-18(25)22-15-4-3-5-16-20(15)28-11-19(26)23-16/h3-9H,10-11H2,1-2H3,(H,22,25)(H,23,26). The van der Waals surface area contributed by atoms with E-state index in [0.29, 0.717) is 34.5 Å². The van der Waals surface area contributed by atoms with Crippen LogP contribution < -0.4 is 20.1 Å². The van der Waals surface area contributed by atoms with E-state index in [1.165, 1.54) is 0 Å². The van der Waals surface area contributed by atoms with Crippen LogP contribution in [0.25, 0.3) is 11.5 Å². The fourth-order valence-corrected chi connectivity index (χ4v) is 3.01. The monoisotopic (exact) mass is 393 g/mol. The summed E-state index contributed by atoms with van der Waals surface area (Å²) in [6.07, 6.45) is 0.0432. The normalized spacial score (nSPS) is 12.6. The van der Waals surface area contributed by atoms with Crippen molar-refractivity contribution in [2.75, 3.05) is 24.4 Å². The molecule has 4 rings (SSSR count). The molecule has 8 nitrogen and oxygen atoms in total. The molecule has 0 radical (unpaired) electrons. The van der Waals surface area contributed by atoms with E-state index in [9.17, 15) is 9.59 Å². The summed E-state index contributed by atoms with van der Waals surface area (Å²) < 4.78 is 16.3. The molecule has 1 aliphatic rings. The van der Waals surface area contributed by atoms with Gasteiger partial charge in [0, 0.05) is 5.56 Å². The molecule has 2 amide bonds. The number of anilines is 2. The van der Waals surface area contributed by atoms with Crippen LogP contribution in [-0.2, 0) is 16.0 Å². The zero-order valence-corrected chi connectivity index (χ0v) is 15.9. The maximum Gasteiger partial charge on any atom is 0.262 e. The first-order valence-corrected chi connectivity index (χ1v) is 8.99. The van der Waals surface area contributed by atoms with E-state index in [1.807, 2.05) is 24.3 Å². The third-order valence-corrected chi connectivity index (χ3v) is 4.47. The second-order valence-corrected chi connectivity index (χ2v) is 6.49. The van der Waals surface area contributed by atoms with E-state index >= 15 is 0 Å². The summed E-state index contributed by atoms with van der Waals surface area (Å²) in [5.74, 6) is 1.69. The quantitative estimate of drug-likeness (QED) is 0.690. The first-order chi connectivity index (χ1) is 14.0. The Hall–Kier alpha value is -3.81. The number of methoxy groups -OCH3 is 1. The first kappa shape index (κ1) is 18.5. The van der Waals surface area contributed by atoms with Crippen LogP contribution in [0.2, 0.25) is 0 Å². The predicted octanol–water partition coefficient (Wildman–Crippen LogP) is 3.17. The van der Waals surface area contributed by atoms with E-state index in [-0.39, 0.29) is 24.8 Å². The molecule has 0 aliphatic carbocycles.